The minimum Gasteiger partial charge on any atom is -0.0885 e. The van der Waals surface area contributed by atoms with Crippen LogP contribution in [-0.4, -0.2) is 0 Å². The first-order valence-electron chi connectivity index (χ1n) is 5.50. The second kappa shape index (κ2) is 8.83. The fraction of sp³-hybridized carbons (Fsp3) is 0.833. The van der Waals surface area contributed by atoms with Crippen LogP contribution in [0.15, 0.2) is 12.2 Å². The Hall–Kier alpha value is -0.260. The maximum Gasteiger partial charge on any atom is -0.0322 e. The van der Waals surface area contributed by atoms with E-state index in [-0.39, 0.29) is 0 Å². The molecule has 0 N–H and O–H groups in total. The largest absolute Gasteiger partial charge is 0.0885 e. The van der Waals surface area contributed by atoms with E-state index >= 15 is 0 Å². The summed E-state index contributed by atoms with van der Waals surface area (Å²) in [7, 11) is 0. The summed E-state index contributed by atoms with van der Waals surface area (Å²) in [5, 5.41) is 0. The highest BCUT2D eigenvalue weighted by molar-refractivity contribution is 4.83. The van der Waals surface area contributed by atoms with E-state index in [4.69, 9.17) is 0 Å². The van der Waals surface area contributed by atoms with Crippen LogP contribution in [0.25, 0.3) is 0 Å². The molecule has 0 amide bonds. The van der Waals surface area contributed by atoms with Crippen molar-refractivity contribution in [2.24, 2.45) is 5.92 Å². The molecule has 0 aliphatic heterocycles. The van der Waals surface area contributed by atoms with Gasteiger partial charge >= 0.3 is 0 Å². The molecule has 0 heteroatoms. The van der Waals surface area contributed by atoms with Crippen molar-refractivity contribution in [1.29, 1.82) is 0 Å². The van der Waals surface area contributed by atoms with E-state index in [0.717, 1.165) is 5.92 Å². The quantitative estimate of drug-likeness (QED) is 0.386. The minimum atomic E-state index is 0.919. The average molecular weight is 168 g/mol. The summed E-state index contributed by atoms with van der Waals surface area (Å²) in [6.07, 6.45) is 12.6. The van der Waals surface area contributed by atoms with Gasteiger partial charge in [0.1, 0.15) is 0 Å². The van der Waals surface area contributed by atoms with Crippen molar-refractivity contribution in [3.8, 4) is 0 Å². The Morgan fingerprint density at radius 1 is 1.00 bits per heavy atom. The third-order valence-electron chi connectivity index (χ3n) is 2.52. The molecule has 0 atom stereocenters. The summed E-state index contributed by atoms with van der Waals surface area (Å²) in [6.45, 7) is 6.82. The van der Waals surface area contributed by atoms with Crippen LogP contribution in [0.1, 0.15) is 59.3 Å². The molecule has 0 nitrogen and oxygen atoms in total. The maximum absolute atomic E-state index is 2.37. The van der Waals surface area contributed by atoms with Gasteiger partial charge in [0.15, 0.2) is 0 Å². The van der Waals surface area contributed by atoms with Crippen molar-refractivity contribution in [3.63, 3.8) is 0 Å². The fourth-order valence-corrected chi connectivity index (χ4v) is 1.35. The van der Waals surface area contributed by atoms with Crippen molar-refractivity contribution in [1.82, 2.24) is 0 Å². The highest BCUT2D eigenvalue weighted by atomic mass is 14.0. The van der Waals surface area contributed by atoms with Crippen molar-refractivity contribution >= 4 is 0 Å². The first kappa shape index (κ1) is 11.7. The van der Waals surface area contributed by atoms with Crippen LogP contribution in [0.4, 0.5) is 0 Å². The van der Waals surface area contributed by atoms with E-state index in [1.54, 1.807) is 0 Å². The smallest absolute Gasteiger partial charge is 0.0322 e. The lowest BCUT2D eigenvalue weighted by molar-refractivity contribution is 0.499. The summed E-state index contributed by atoms with van der Waals surface area (Å²) in [4.78, 5) is 0. The van der Waals surface area contributed by atoms with Gasteiger partial charge in [0.25, 0.3) is 0 Å². The van der Waals surface area contributed by atoms with Crippen molar-refractivity contribution in [2.75, 3.05) is 0 Å². The molecule has 0 aromatic rings. The van der Waals surface area contributed by atoms with Crippen LogP contribution in [0.2, 0.25) is 0 Å². The van der Waals surface area contributed by atoms with Gasteiger partial charge in [-0.2, -0.15) is 0 Å². The lowest BCUT2D eigenvalue weighted by Gasteiger charge is -2.07. The number of hydrogen-bond donors (Lipinski definition) is 0. The van der Waals surface area contributed by atoms with Crippen LogP contribution in [0, 0.1) is 5.92 Å². The number of allylic oxidation sites excluding steroid dienone is 2. The zero-order valence-electron chi connectivity index (χ0n) is 8.97. The zero-order chi connectivity index (χ0) is 9.23. The van der Waals surface area contributed by atoms with Gasteiger partial charge in [-0.25, -0.2) is 0 Å². The molecule has 0 saturated heterocycles. The Bertz CT molecular complexity index is 98.6. The van der Waals surface area contributed by atoms with Crippen LogP contribution in [0.3, 0.4) is 0 Å². The molecule has 0 spiro atoms. The topological polar surface area (TPSA) is 0 Å². The molecule has 0 aromatic heterocycles. The van der Waals surface area contributed by atoms with Crippen LogP contribution in [0.5, 0.6) is 0 Å². The molecular weight excluding hydrogens is 144 g/mol. The standard InChI is InChI=1S/C12H24/c1-4-7-8-9-10-11-12(5-2)6-3/h9-10,12H,4-8,11H2,1-3H3. The maximum atomic E-state index is 2.37. The SMILES string of the molecule is CCCCC=CCC(CC)CC. The fourth-order valence-electron chi connectivity index (χ4n) is 1.35. The summed E-state index contributed by atoms with van der Waals surface area (Å²) >= 11 is 0. The average Bonchev–Trinajstić information content (AvgIpc) is 2.11. The third kappa shape index (κ3) is 6.45. The van der Waals surface area contributed by atoms with Gasteiger partial charge in [0, 0.05) is 0 Å². The van der Waals surface area contributed by atoms with Crippen molar-refractivity contribution in [3.05, 3.63) is 12.2 Å². The van der Waals surface area contributed by atoms with Gasteiger partial charge in [-0.1, -0.05) is 58.6 Å². The molecule has 0 radical (unpaired) electrons. The van der Waals surface area contributed by atoms with Crippen LogP contribution < -0.4 is 0 Å². The predicted molar refractivity (Wildman–Crippen MR) is 57.4 cm³/mol. The van der Waals surface area contributed by atoms with Crippen LogP contribution >= 0.6 is 0 Å². The minimum absolute atomic E-state index is 0.919. The summed E-state index contributed by atoms with van der Waals surface area (Å²) in [5.74, 6) is 0.919. The molecular formula is C12H24. The summed E-state index contributed by atoms with van der Waals surface area (Å²) in [6, 6.07) is 0. The number of unbranched alkanes of at least 4 members (excludes halogenated alkanes) is 2. The van der Waals surface area contributed by atoms with E-state index in [1.165, 1.54) is 38.5 Å². The van der Waals surface area contributed by atoms with Crippen molar-refractivity contribution in [2.45, 2.75) is 59.3 Å². The Morgan fingerprint density at radius 3 is 2.17 bits per heavy atom. The molecule has 0 heterocycles. The highest BCUT2D eigenvalue weighted by Gasteiger charge is 1.98. The molecule has 0 aliphatic carbocycles. The van der Waals surface area contributed by atoms with E-state index in [2.05, 4.69) is 32.9 Å². The molecule has 0 aromatic carbocycles. The Balaban J connectivity index is 3.31. The third-order valence-corrected chi connectivity index (χ3v) is 2.52. The zero-order valence-corrected chi connectivity index (χ0v) is 8.97. The lowest BCUT2D eigenvalue weighted by atomic mass is 9.99. The first-order valence-corrected chi connectivity index (χ1v) is 5.50. The first-order chi connectivity index (χ1) is 5.85. The normalized spacial score (nSPS) is 11.7. The molecule has 72 valence electrons. The predicted octanol–water partition coefficient (Wildman–Crippen LogP) is 4.56. The second-order valence-electron chi connectivity index (χ2n) is 3.53. The van der Waals surface area contributed by atoms with E-state index in [0.29, 0.717) is 0 Å². The number of hydrogen-bond acceptors (Lipinski definition) is 0. The molecule has 0 saturated carbocycles. The molecule has 0 unspecified atom stereocenters. The van der Waals surface area contributed by atoms with Crippen LogP contribution in [-0.2, 0) is 0 Å². The molecule has 12 heavy (non-hydrogen) atoms. The second-order valence-corrected chi connectivity index (χ2v) is 3.53. The van der Waals surface area contributed by atoms with Gasteiger partial charge in [-0.3, -0.25) is 0 Å². The lowest BCUT2D eigenvalue weighted by Crippen LogP contribution is -1.93. The van der Waals surface area contributed by atoms with Gasteiger partial charge < -0.3 is 0 Å². The Labute approximate surface area is 78.1 Å². The van der Waals surface area contributed by atoms with Gasteiger partial charge in [0.05, 0.1) is 0 Å². The summed E-state index contributed by atoms with van der Waals surface area (Å²) < 4.78 is 0. The van der Waals surface area contributed by atoms with Crippen molar-refractivity contribution < 1.29 is 0 Å². The molecule has 0 aliphatic rings. The molecule has 0 bridgehead atoms. The van der Waals surface area contributed by atoms with E-state index in [1.807, 2.05) is 0 Å². The molecule has 0 rings (SSSR count). The number of rotatable bonds is 7. The molecule has 0 fully saturated rings. The van der Waals surface area contributed by atoms with Gasteiger partial charge in [-0.05, 0) is 18.8 Å². The summed E-state index contributed by atoms with van der Waals surface area (Å²) in [5.41, 5.74) is 0. The van der Waals surface area contributed by atoms with E-state index < -0.39 is 0 Å². The van der Waals surface area contributed by atoms with Gasteiger partial charge in [0.2, 0.25) is 0 Å². The Kier molecular flexibility index (Phi) is 8.64. The monoisotopic (exact) mass is 168 g/mol. The van der Waals surface area contributed by atoms with E-state index in [9.17, 15) is 0 Å². The highest BCUT2D eigenvalue weighted by Crippen LogP contribution is 2.13. The Morgan fingerprint density at radius 2 is 1.67 bits per heavy atom. The van der Waals surface area contributed by atoms with Gasteiger partial charge in [-0.15, -0.1) is 0 Å².